The lowest BCUT2D eigenvalue weighted by Gasteiger charge is -2.37. The summed E-state index contributed by atoms with van der Waals surface area (Å²) < 4.78 is 37.0. The first-order chi connectivity index (χ1) is 12.7. The van der Waals surface area contributed by atoms with Gasteiger partial charge in [-0.3, -0.25) is 9.69 Å². The van der Waals surface area contributed by atoms with Crippen LogP contribution in [0.25, 0.3) is 0 Å². The van der Waals surface area contributed by atoms with E-state index in [4.69, 9.17) is 14.6 Å². The van der Waals surface area contributed by atoms with E-state index in [0.717, 1.165) is 51.0 Å². The van der Waals surface area contributed by atoms with E-state index in [0.29, 0.717) is 5.88 Å². The standard InChI is InChI=1S/C15H21N3O2.C2HF3O2/c1-20-13-12(3-2-7-16-13)11-18-9-5-15(6-10-18)4-8-17-14(15)19;3-2(4,5)1(6)7/h2-3,7H,4-6,8-11H2,1H3,(H,17,19);(H,6,7). The maximum Gasteiger partial charge on any atom is 0.490 e. The smallest absolute Gasteiger partial charge is 0.481 e. The number of aromatic nitrogens is 1. The van der Waals surface area contributed by atoms with Gasteiger partial charge in [-0.1, -0.05) is 6.07 Å². The number of carbonyl (C=O) groups is 2. The van der Waals surface area contributed by atoms with Crippen molar-refractivity contribution in [3.63, 3.8) is 0 Å². The monoisotopic (exact) mass is 389 g/mol. The second-order valence-electron chi connectivity index (χ2n) is 6.54. The minimum absolute atomic E-state index is 0.0878. The number of alkyl halides is 3. The number of methoxy groups -OCH3 is 1. The van der Waals surface area contributed by atoms with Crippen LogP contribution in [-0.2, 0) is 16.1 Å². The lowest BCUT2D eigenvalue weighted by Crippen LogP contribution is -2.43. The van der Waals surface area contributed by atoms with Crippen molar-refractivity contribution < 1.29 is 32.6 Å². The maximum absolute atomic E-state index is 12.0. The van der Waals surface area contributed by atoms with Crippen molar-refractivity contribution in [2.24, 2.45) is 5.41 Å². The summed E-state index contributed by atoms with van der Waals surface area (Å²) in [4.78, 5) is 27.5. The molecule has 1 aromatic heterocycles. The highest BCUT2D eigenvalue weighted by Crippen LogP contribution is 2.38. The predicted molar refractivity (Wildman–Crippen MR) is 89.1 cm³/mol. The van der Waals surface area contributed by atoms with E-state index in [1.54, 1.807) is 13.3 Å². The van der Waals surface area contributed by atoms with Gasteiger partial charge in [0.05, 0.1) is 12.5 Å². The number of nitrogens with zero attached hydrogens (tertiary/aromatic N) is 2. The quantitative estimate of drug-likeness (QED) is 0.820. The number of likely N-dealkylation sites (tertiary alicyclic amines) is 1. The number of pyridine rings is 1. The molecular formula is C17H22F3N3O4. The molecule has 0 aliphatic carbocycles. The van der Waals surface area contributed by atoms with Gasteiger partial charge >= 0.3 is 12.1 Å². The van der Waals surface area contributed by atoms with Gasteiger partial charge in [-0.25, -0.2) is 9.78 Å². The molecule has 27 heavy (non-hydrogen) atoms. The molecule has 3 heterocycles. The molecule has 2 N–H and O–H groups in total. The number of carbonyl (C=O) groups excluding carboxylic acids is 1. The topological polar surface area (TPSA) is 91.8 Å². The second kappa shape index (κ2) is 8.55. The van der Waals surface area contributed by atoms with Gasteiger partial charge in [0.15, 0.2) is 0 Å². The Morgan fingerprint density at radius 1 is 1.37 bits per heavy atom. The Bertz CT molecular complexity index is 674. The fourth-order valence-electron chi connectivity index (χ4n) is 3.30. The molecule has 3 rings (SSSR count). The molecule has 2 saturated heterocycles. The molecule has 1 amide bonds. The van der Waals surface area contributed by atoms with Gasteiger partial charge in [0.25, 0.3) is 0 Å². The highest BCUT2D eigenvalue weighted by atomic mass is 19.4. The van der Waals surface area contributed by atoms with Crippen LogP contribution in [0.3, 0.4) is 0 Å². The average Bonchev–Trinajstić information content (AvgIpc) is 2.97. The number of halogens is 3. The first kappa shape index (κ1) is 20.9. The van der Waals surface area contributed by atoms with Crippen LogP contribution < -0.4 is 10.1 Å². The third kappa shape index (κ3) is 5.31. The first-order valence-corrected chi connectivity index (χ1v) is 8.46. The zero-order valence-electron chi connectivity index (χ0n) is 14.9. The summed E-state index contributed by atoms with van der Waals surface area (Å²) in [5, 5.41) is 10.1. The normalized spacial score (nSPS) is 19.2. The van der Waals surface area contributed by atoms with E-state index in [9.17, 15) is 18.0 Å². The number of nitrogens with one attached hydrogen (secondary N) is 1. The van der Waals surface area contributed by atoms with Crippen molar-refractivity contribution in [3.05, 3.63) is 23.9 Å². The highest BCUT2D eigenvalue weighted by Gasteiger charge is 2.44. The van der Waals surface area contributed by atoms with Crippen molar-refractivity contribution in [2.75, 3.05) is 26.7 Å². The number of ether oxygens (including phenoxy) is 1. The summed E-state index contributed by atoms with van der Waals surface area (Å²) in [5.41, 5.74) is 1.03. The Morgan fingerprint density at radius 3 is 2.48 bits per heavy atom. The van der Waals surface area contributed by atoms with Crippen LogP contribution >= 0.6 is 0 Å². The van der Waals surface area contributed by atoms with E-state index < -0.39 is 12.1 Å². The molecule has 150 valence electrons. The number of hydrogen-bond donors (Lipinski definition) is 2. The molecule has 2 aliphatic rings. The largest absolute Gasteiger partial charge is 0.490 e. The van der Waals surface area contributed by atoms with E-state index >= 15 is 0 Å². The van der Waals surface area contributed by atoms with Crippen molar-refractivity contribution in [2.45, 2.75) is 32.0 Å². The molecule has 0 saturated carbocycles. The zero-order chi connectivity index (χ0) is 20.1. The highest BCUT2D eigenvalue weighted by molar-refractivity contribution is 5.84. The molecule has 0 aromatic carbocycles. The molecule has 7 nitrogen and oxygen atoms in total. The SMILES string of the molecule is COc1ncccc1CN1CCC2(CCNC2=O)CC1.O=C(O)C(F)(F)F. The second-order valence-corrected chi connectivity index (χ2v) is 6.54. The number of amides is 1. The van der Waals surface area contributed by atoms with Gasteiger partial charge in [0.1, 0.15) is 0 Å². The van der Waals surface area contributed by atoms with Gasteiger partial charge in [0.2, 0.25) is 11.8 Å². The van der Waals surface area contributed by atoms with Crippen LogP contribution in [-0.4, -0.2) is 59.8 Å². The summed E-state index contributed by atoms with van der Waals surface area (Å²) in [5.74, 6) is -1.80. The molecule has 2 fully saturated rings. The van der Waals surface area contributed by atoms with Gasteiger partial charge < -0.3 is 15.2 Å². The molecule has 10 heteroatoms. The van der Waals surface area contributed by atoms with Gasteiger partial charge in [0, 0.05) is 24.8 Å². The summed E-state index contributed by atoms with van der Waals surface area (Å²) in [6.07, 6.45) is -0.422. The molecule has 0 bridgehead atoms. The van der Waals surface area contributed by atoms with Crippen LogP contribution in [0.5, 0.6) is 5.88 Å². The Morgan fingerprint density at radius 2 is 2.00 bits per heavy atom. The zero-order valence-corrected chi connectivity index (χ0v) is 14.9. The molecule has 1 aromatic rings. The molecule has 0 radical (unpaired) electrons. The van der Waals surface area contributed by atoms with Crippen molar-refractivity contribution in [1.82, 2.24) is 15.2 Å². The number of aliphatic carboxylic acids is 1. The summed E-state index contributed by atoms with van der Waals surface area (Å²) in [6, 6.07) is 3.99. The summed E-state index contributed by atoms with van der Waals surface area (Å²) in [7, 11) is 1.65. The van der Waals surface area contributed by atoms with Crippen molar-refractivity contribution >= 4 is 11.9 Å². The fourth-order valence-corrected chi connectivity index (χ4v) is 3.30. The fraction of sp³-hybridized carbons (Fsp3) is 0.588. The third-order valence-electron chi connectivity index (χ3n) is 4.86. The summed E-state index contributed by atoms with van der Waals surface area (Å²) >= 11 is 0. The minimum Gasteiger partial charge on any atom is -0.481 e. The number of carboxylic acids is 1. The van der Waals surface area contributed by atoms with Crippen LogP contribution in [0.15, 0.2) is 18.3 Å². The van der Waals surface area contributed by atoms with Crippen molar-refractivity contribution in [3.8, 4) is 5.88 Å². The lowest BCUT2D eigenvalue weighted by molar-refractivity contribution is -0.192. The van der Waals surface area contributed by atoms with Gasteiger partial charge in [-0.15, -0.1) is 0 Å². The van der Waals surface area contributed by atoms with E-state index in [2.05, 4.69) is 21.3 Å². The van der Waals surface area contributed by atoms with Crippen LogP contribution in [0.4, 0.5) is 13.2 Å². The van der Waals surface area contributed by atoms with E-state index in [1.807, 2.05) is 6.07 Å². The minimum atomic E-state index is -5.08. The van der Waals surface area contributed by atoms with Crippen molar-refractivity contribution in [1.29, 1.82) is 0 Å². The third-order valence-corrected chi connectivity index (χ3v) is 4.86. The van der Waals surface area contributed by atoms with Crippen LogP contribution in [0.1, 0.15) is 24.8 Å². The number of carboxylic acid groups (broad SMARTS) is 1. The molecule has 0 unspecified atom stereocenters. The predicted octanol–water partition coefficient (Wildman–Crippen LogP) is 1.83. The summed E-state index contributed by atoms with van der Waals surface area (Å²) in [6.45, 7) is 3.61. The number of rotatable bonds is 3. The molecule has 2 aliphatic heterocycles. The molecule has 0 atom stereocenters. The van der Waals surface area contributed by atoms with E-state index in [-0.39, 0.29) is 11.3 Å². The number of hydrogen-bond acceptors (Lipinski definition) is 5. The molecular weight excluding hydrogens is 367 g/mol. The Kier molecular flexibility index (Phi) is 6.63. The Labute approximate surface area is 154 Å². The van der Waals surface area contributed by atoms with Gasteiger partial charge in [-0.05, 0) is 38.4 Å². The number of piperidine rings is 1. The van der Waals surface area contributed by atoms with E-state index in [1.165, 1.54) is 0 Å². The lowest BCUT2D eigenvalue weighted by atomic mass is 9.77. The maximum atomic E-state index is 12.0. The molecule has 1 spiro atoms. The van der Waals surface area contributed by atoms with Gasteiger partial charge in [-0.2, -0.15) is 13.2 Å². The first-order valence-electron chi connectivity index (χ1n) is 8.46. The van der Waals surface area contributed by atoms with Crippen LogP contribution in [0.2, 0.25) is 0 Å². The average molecular weight is 389 g/mol. The Balaban J connectivity index is 0.000000321. The Hall–Kier alpha value is -2.36. The van der Waals surface area contributed by atoms with Crippen LogP contribution in [0, 0.1) is 5.41 Å².